The van der Waals surface area contributed by atoms with Gasteiger partial charge in [0.15, 0.2) is 0 Å². The fourth-order valence-electron chi connectivity index (χ4n) is 8.21. The molecule has 4 aromatic carbocycles. The van der Waals surface area contributed by atoms with Gasteiger partial charge in [0.05, 0.1) is 22.8 Å². The van der Waals surface area contributed by atoms with Gasteiger partial charge in [0.1, 0.15) is 5.75 Å². The maximum absolute atomic E-state index is 12.8. The third kappa shape index (κ3) is 9.79. The SMILES string of the molecule is O=C(O)CCCCCCCCC(=O)Oc1ccc(-c2c3nc(c(-c4ccccc4)c4ccc([n-]4)c(-c4ccccc4)c4nc(c(-c5ccccc5)c5ccc2[n-]5)C=C4)C=C3)cc1.[Au]. The Kier molecular flexibility index (Phi) is 13.5. The number of carbonyl (C=O) groups is 2. The van der Waals surface area contributed by atoms with E-state index in [2.05, 4.69) is 60.7 Å². The largest absolute Gasteiger partial charge is 0.657 e. The Balaban J connectivity index is 0.00000544. The number of ether oxygens (including phenoxy) is 1. The number of unbranched alkanes of at least 4 members (excludes halogenated alkanes) is 5. The molecule has 8 bridgehead atoms. The van der Waals surface area contributed by atoms with Gasteiger partial charge in [-0.25, -0.2) is 9.97 Å². The number of nitrogens with zero attached hydrogens (tertiary/aromatic N) is 4. The fraction of sp³-hybridized carbons (Fsp3) is 0.148. The number of fused-ring (bicyclic) bond motifs is 8. The zero-order valence-electron chi connectivity index (χ0n) is 34.5. The normalized spacial score (nSPS) is 11.6. The minimum absolute atomic E-state index is 0. The van der Waals surface area contributed by atoms with Gasteiger partial charge in [-0.2, -0.15) is 0 Å². The first kappa shape index (κ1) is 42.8. The number of aliphatic carboxylic acids is 1. The van der Waals surface area contributed by atoms with Gasteiger partial charge in [0.2, 0.25) is 0 Å². The molecule has 1 radical (unpaired) electrons. The van der Waals surface area contributed by atoms with Crippen LogP contribution in [0.15, 0.2) is 140 Å². The molecule has 2 aliphatic heterocycles. The first-order valence-corrected chi connectivity index (χ1v) is 21.2. The Morgan fingerprint density at radius 3 is 1.13 bits per heavy atom. The van der Waals surface area contributed by atoms with E-state index < -0.39 is 5.97 Å². The third-order valence-electron chi connectivity index (χ3n) is 11.2. The van der Waals surface area contributed by atoms with Crippen molar-refractivity contribution in [2.75, 3.05) is 0 Å². The van der Waals surface area contributed by atoms with E-state index in [-0.39, 0.29) is 34.8 Å². The number of hydrogen-bond acceptors (Lipinski definition) is 5. The van der Waals surface area contributed by atoms with E-state index in [1.54, 1.807) is 0 Å². The maximum Gasteiger partial charge on any atom is 0.311 e. The van der Waals surface area contributed by atoms with Crippen LogP contribution in [0.5, 0.6) is 5.75 Å². The predicted molar refractivity (Wildman–Crippen MR) is 249 cm³/mol. The van der Waals surface area contributed by atoms with Crippen molar-refractivity contribution < 1.29 is 41.8 Å². The average molecular weight is 1010 g/mol. The van der Waals surface area contributed by atoms with E-state index in [1.165, 1.54) is 0 Å². The zero-order chi connectivity index (χ0) is 42.3. The van der Waals surface area contributed by atoms with Crippen molar-refractivity contribution >= 4 is 58.3 Å². The van der Waals surface area contributed by atoms with Crippen LogP contribution < -0.4 is 14.7 Å². The number of hydrogen-bond donors (Lipinski definition) is 1. The molecule has 3 aromatic heterocycles. The molecule has 1 N–H and O–H groups in total. The predicted octanol–water partition coefficient (Wildman–Crippen LogP) is 12.7. The maximum atomic E-state index is 12.8. The van der Waals surface area contributed by atoms with E-state index >= 15 is 0 Å². The summed E-state index contributed by atoms with van der Waals surface area (Å²) < 4.78 is 5.77. The number of carboxylic acid groups (broad SMARTS) is 1. The zero-order valence-corrected chi connectivity index (χ0v) is 36.7. The second-order valence-corrected chi connectivity index (χ2v) is 15.5. The van der Waals surface area contributed by atoms with Crippen LogP contribution in [0.4, 0.5) is 0 Å². The molecule has 317 valence electrons. The van der Waals surface area contributed by atoms with Gasteiger partial charge in [0, 0.05) is 35.2 Å². The molecule has 9 rings (SSSR count). The fourth-order valence-corrected chi connectivity index (χ4v) is 8.21. The molecule has 9 heteroatoms. The summed E-state index contributed by atoms with van der Waals surface area (Å²) in [5, 5.41) is 8.83. The standard InChI is InChI=1S/C54H45N4O4.Au/c59-49(60)22-14-3-1-2-4-15-23-50(61)62-40-26-24-39(25-27-40)54-47-34-32-45(57-47)52(37-18-10-6-11-19-37)43-30-28-41(55-43)51(36-16-8-5-9-17-36)42-29-31-44(56-42)53(38-20-12-7-13-21-38)46-33-35-48(54)58-46;/h5-13,16-21,24-35H,1-4,14-15,22-23H2,(H2-,55,56,57,58,59,60);/q-1;/p-1. The molecule has 0 saturated carbocycles. The average Bonchev–Trinajstić information content (AvgIpc) is 4.15. The van der Waals surface area contributed by atoms with Crippen LogP contribution in [0.2, 0.25) is 0 Å². The van der Waals surface area contributed by atoms with Crippen LogP contribution in [0.1, 0.15) is 74.1 Å². The van der Waals surface area contributed by atoms with Gasteiger partial charge >= 0.3 is 11.9 Å². The van der Waals surface area contributed by atoms with Gasteiger partial charge in [-0.3, -0.25) is 9.59 Å². The monoisotopic (exact) mass is 1010 g/mol. The molecule has 0 spiro atoms. The summed E-state index contributed by atoms with van der Waals surface area (Å²) in [7, 11) is 0. The number of rotatable bonds is 14. The second kappa shape index (κ2) is 19.9. The van der Waals surface area contributed by atoms with E-state index in [4.69, 9.17) is 29.8 Å². The molecule has 0 fully saturated rings. The van der Waals surface area contributed by atoms with Crippen LogP contribution in [0.25, 0.3) is 90.9 Å². The van der Waals surface area contributed by atoms with Crippen LogP contribution >= 0.6 is 0 Å². The molecule has 7 aromatic rings. The molecule has 8 nitrogen and oxygen atoms in total. The topological polar surface area (TPSA) is 118 Å². The van der Waals surface area contributed by atoms with E-state index in [1.807, 2.05) is 103 Å². The van der Waals surface area contributed by atoms with Crippen molar-refractivity contribution in [3.05, 3.63) is 162 Å². The Hall–Kier alpha value is -6.84. The first-order valence-electron chi connectivity index (χ1n) is 21.2. The third-order valence-corrected chi connectivity index (χ3v) is 11.2. The molecular formula is C54H44AuN4O4-2. The minimum Gasteiger partial charge on any atom is -0.657 e. The number of esters is 1. The van der Waals surface area contributed by atoms with Crippen LogP contribution in [-0.4, -0.2) is 27.0 Å². The minimum atomic E-state index is -0.756. The summed E-state index contributed by atoms with van der Waals surface area (Å²) >= 11 is 0. The van der Waals surface area contributed by atoms with Crippen molar-refractivity contribution in [2.24, 2.45) is 0 Å². The molecule has 63 heavy (non-hydrogen) atoms. The summed E-state index contributed by atoms with van der Waals surface area (Å²) in [5.41, 5.74) is 13.8. The van der Waals surface area contributed by atoms with Gasteiger partial charge in [-0.15, -0.1) is 22.1 Å². The van der Waals surface area contributed by atoms with Crippen LogP contribution in [-0.2, 0) is 32.0 Å². The second-order valence-electron chi connectivity index (χ2n) is 15.5. The van der Waals surface area contributed by atoms with Gasteiger partial charge in [-0.1, -0.05) is 153 Å². The molecular weight excluding hydrogens is 966 g/mol. The van der Waals surface area contributed by atoms with Crippen LogP contribution in [0.3, 0.4) is 0 Å². The summed E-state index contributed by atoms with van der Waals surface area (Å²) in [5.74, 6) is -0.564. The Morgan fingerprint density at radius 2 is 0.762 bits per heavy atom. The van der Waals surface area contributed by atoms with Gasteiger partial charge < -0.3 is 19.8 Å². The smallest absolute Gasteiger partial charge is 0.311 e. The van der Waals surface area contributed by atoms with Crippen molar-refractivity contribution in [1.82, 2.24) is 19.9 Å². The number of benzene rings is 4. The summed E-state index contributed by atoms with van der Waals surface area (Å²) in [6, 6.07) is 46.6. The van der Waals surface area contributed by atoms with Crippen molar-refractivity contribution in [3.8, 4) is 50.3 Å². The Morgan fingerprint density at radius 1 is 0.429 bits per heavy atom. The molecule has 5 heterocycles. The number of carboxylic acids is 1. The van der Waals surface area contributed by atoms with Gasteiger partial charge in [-0.05, 0) is 93.8 Å². The molecule has 2 aliphatic rings. The first-order chi connectivity index (χ1) is 30.5. The molecule has 0 saturated heterocycles. The van der Waals surface area contributed by atoms with E-state index in [9.17, 15) is 9.59 Å². The van der Waals surface area contributed by atoms with E-state index in [0.717, 1.165) is 121 Å². The van der Waals surface area contributed by atoms with Crippen molar-refractivity contribution in [1.29, 1.82) is 0 Å². The Bertz CT molecular complexity index is 2940. The molecule has 0 aliphatic carbocycles. The van der Waals surface area contributed by atoms with Gasteiger partial charge in [0.25, 0.3) is 0 Å². The summed E-state index contributed by atoms with van der Waals surface area (Å²) in [4.78, 5) is 44.9. The van der Waals surface area contributed by atoms with Crippen LogP contribution in [0, 0.1) is 0 Å². The summed E-state index contributed by atoms with van der Waals surface area (Å²) in [6.07, 6.45) is 13.9. The molecule has 0 amide bonds. The van der Waals surface area contributed by atoms with E-state index in [0.29, 0.717) is 18.6 Å². The molecule has 0 unspecified atom stereocenters. The van der Waals surface area contributed by atoms with Crippen molar-refractivity contribution in [3.63, 3.8) is 0 Å². The molecule has 0 atom stereocenters. The summed E-state index contributed by atoms with van der Waals surface area (Å²) in [6.45, 7) is 0. The Labute approximate surface area is 382 Å². The number of carbonyl (C=O) groups excluding carboxylic acids is 1. The number of aromatic nitrogens is 4. The quantitative estimate of drug-likeness (QED) is 0.0495. The van der Waals surface area contributed by atoms with Crippen molar-refractivity contribution in [2.45, 2.75) is 51.4 Å².